The first-order valence-corrected chi connectivity index (χ1v) is 6.76. The van der Waals surface area contributed by atoms with Crippen LogP contribution in [-0.2, 0) is 9.59 Å². The molecule has 0 rings (SSSR count). The van der Waals surface area contributed by atoms with Gasteiger partial charge in [-0.3, -0.25) is 4.79 Å². The van der Waals surface area contributed by atoms with Crippen molar-refractivity contribution in [2.75, 3.05) is 13.1 Å². The smallest absolute Gasteiger partial charge is 0.326 e. The summed E-state index contributed by atoms with van der Waals surface area (Å²) in [7, 11) is 0. The summed E-state index contributed by atoms with van der Waals surface area (Å²) < 4.78 is 0. The van der Waals surface area contributed by atoms with E-state index in [4.69, 9.17) is 5.11 Å². The molecular weight excluding hydrogens is 262 g/mol. The molecule has 0 spiro atoms. The molecular formula is C13H25N3O4. The van der Waals surface area contributed by atoms with Crippen molar-refractivity contribution in [3.63, 3.8) is 0 Å². The van der Waals surface area contributed by atoms with Crippen LogP contribution in [0.1, 0.15) is 34.1 Å². The number of urea groups is 1. The number of carboxylic acid groups (broad SMARTS) is 1. The summed E-state index contributed by atoms with van der Waals surface area (Å²) in [5.74, 6) is -0.913. The Bertz CT molecular complexity index is 343. The van der Waals surface area contributed by atoms with E-state index in [1.807, 2.05) is 27.7 Å². The standard InChI is InChI=1S/C13H25N3O4/c1-8(2)5-10(12(18)19)16-13(20)15-7-11(17)14-6-9(3)4/h8-10H,5-7H2,1-4H3,(H,14,17)(H,18,19)(H2,15,16,20)/t10-/m0/s1. The number of amides is 3. The highest BCUT2D eigenvalue weighted by atomic mass is 16.4. The van der Waals surface area contributed by atoms with Gasteiger partial charge in [0.2, 0.25) is 5.91 Å². The molecule has 0 aliphatic carbocycles. The van der Waals surface area contributed by atoms with Gasteiger partial charge in [-0.1, -0.05) is 27.7 Å². The maximum absolute atomic E-state index is 11.5. The molecule has 0 fully saturated rings. The third-order valence-corrected chi connectivity index (χ3v) is 2.43. The lowest BCUT2D eigenvalue weighted by molar-refractivity contribution is -0.139. The van der Waals surface area contributed by atoms with Crippen molar-refractivity contribution in [1.82, 2.24) is 16.0 Å². The molecule has 0 heterocycles. The second kappa shape index (κ2) is 9.17. The fourth-order valence-corrected chi connectivity index (χ4v) is 1.44. The fraction of sp³-hybridized carbons (Fsp3) is 0.769. The van der Waals surface area contributed by atoms with E-state index in [9.17, 15) is 14.4 Å². The number of hydrogen-bond donors (Lipinski definition) is 4. The maximum Gasteiger partial charge on any atom is 0.326 e. The Kier molecular flexibility index (Phi) is 8.35. The molecule has 0 aliphatic heterocycles. The van der Waals surface area contributed by atoms with E-state index in [-0.39, 0.29) is 18.4 Å². The van der Waals surface area contributed by atoms with Gasteiger partial charge in [-0.05, 0) is 18.3 Å². The highest BCUT2D eigenvalue weighted by Crippen LogP contribution is 2.04. The molecule has 0 aromatic carbocycles. The minimum Gasteiger partial charge on any atom is -0.480 e. The van der Waals surface area contributed by atoms with E-state index >= 15 is 0 Å². The van der Waals surface area contributed by atoms with Crippen LogP contribution in [-0.4, -0.2) is 42.1 Å². The zero-order valence-corrected chi connectivity index (χ0v) is 12.5. The summed E-state index contributed by atoms with van der Waals surface area (Å²) >= 11 is 0. The second-order valence-corrected chi connectivity index (χ2v) is 5.55. The highest BCUT2D eigenvalue weighted by molar-refractivity contribution is 5.86. The number of aliphatic carboxylic acids is 1. The van der Waals surface area contributed by atoms with Crippen molar-refractivity contribution in [3.05, 3.63) is 0 Å². The van der Waals surface area contributed by atoms with Gasteiger partial charge in [-0.15, -0.1) is 0 Å². The van der Waals surface area contributed by atoms with E-state index in [1.54, 1.807) is 0 Å². The first-order chi connectivity index (χ1) is 9.22. The lowest BCUT2D eigenvalue weighted by atomic mass is 10.0. The van der Waals surface area contributed by atoms with Crippen molar-refractivity contribution < 1.29 is 19.5 Å². The van der Waals surface area contributed by atoms with Gasteiger partial charge in [0, 0.05) is 6.54 Å². The van der Waals surface area contributed by atoms with Gasteiger partial charge in [-0.2, -0.15) is 0 Å². The van der Waals surface area contributed by atoms with Gasteiger partial charge in [0.05, 0.1) is 6.54 Å². The lowest BCUT2D eigenvalue weighted by Crippen LogP contribution is -2.49. The number of carbonyl (C=O) groups excluding carboxylic acids is 2. The molecule has 0 radical (unpaired) electrons. The molecule has 7 nitrogen and oxygen atoms in total. The van der Waals surface area contributed by atoms with Crippen LogP contribution in [0.2, 0.25) is 0 Å². The van der Waals surface area contributed by atoms with E-state index in [0.717, 1.165) is 0 Å². The monoisotopic (exact) mass is 287 g/mol. The van der Waals surface area contributed by atoms with Crippen LogP contribution in [0.3, 0.4) is 0 Å². The van der Waals surface area contributed by atoms with Crippen LogP contribution < -0.4 is 16.0 Å². The molecule has 20 heavy (non-hydrogen) atoms. The Morgan fingerprint density at radius 3 is 2.05 bits per heavy atom. The average Bonchev–Trinajstić information content (AvgIpc) is 2.32. The molecule has 0 aromatic rings. The van der Waals surface area contributed by atoms with Crippen LogP contribution in [0, 0.1) is 11.8 Å². The molecule has 0 saturated heterocycles. The maximum atomic E-state index is 11.5. The third-order valence-electron chi connectivity index (χ3n) is 2.43. The minimum atomic E-state index is -1.09. The predicted octanol–water partition coefficient (Wildman–Crippen LogP) is 0.557. The molecule has 1 atom stereocenters. The second-order valence-electron chi connectivity index (χ2n) is 5.55. The first-order valence-electron chi connectivity index (χ1n) is 6.76. The summed E-state index contributed by atoms with van der Waals surface area (Å²) in [6.07, 6.45) is 0.336. The summed E-state index contributed by atoms with van der Waals surface area (Å²) in [5, 5.41) is 16.3. The fourth-order valence-electron chi connectivity index (χ4n) is 1.44. The number of carbonyl (C=O) groups is 3. The Morgan fingerprint density at radius 1 is 1.00 bits per heavy atom. The summed E-state index contributed by atoms with van der Waals surface area (Å²) in [5.41, 5.74) is 0. The first kappa shape index (κ1) is 18.2. The number of carboxylic acids is 1. The van der Waals surface area contributed by atoms with Crippen molar-refractivity contribution in [2.45, 2.75) is 40.2 Å². The molecule has 0 aliphatic rings. The van der Waals surface area contributed by atoms with Gasteiger partial charge in [0.25, 0.3) is 0 Å². The minimum absolute atomic E-state index is 0.144. The highest BCUT2D eigenvalue weighted by Gasteiger charge is 2.21. The summed E-state index contributed by atoms with van der Waals surface area (Å²) in [4.78, 5) is 33.9. The molecule has 0 aromatic heterocycles. The van der Waals surface area contributed by atoms with Crippen molar-refractivity contribution in [3.8, 4) is 0 Å². The Hall–Kier alpha value is -1.79. The van der Waals surface area contributed by atoms with Crippen molar-refractivity contribution in [1.29, 1.82) is 0 Å². The van der Waals surface area contributed by atoms with Gasteiger partial charge >= 0.3 is 12.0 Å². The number of nitrogens with one attached hydrogen (secondary N) is 3. The summed E-state index contributed by atoms with van der Waals surface area (Å²) in [6, 6.07) is -1.61. The van der Waals surface area contributed by atoms with Crippen molar-refractivity contribution in [2.24, 2.45) is 11.8 Å². The zero-order chi connectivity index (χ0) is 15.7. The van der Waals surface area contributed by atoms with Crippen molar-refractivity contribution >= 4 is 17.9 Å². The molecule has 7 heteroatoms. The van der Waals surface area contributed by atoms with Gasteiger partial charge in [0.15, 0.2) is 0 Å². The average molecular weight is 287 g/mol. The van der Waals surface area contributed by atoms with E-state index in [1.165, 1.54) is 0 Å². The molecule has 0 unspecified atom stereocenters. The number of rotatable bonds is 8. The Labute approximate surface area is 119 Å². The van der Waals surface area contributed by atoms with Crippen LogP contribution in [0.25, 0.3) is 0 Å². The summed E-state index contributed by atoms with van der Waals surface area (Å²) in [6.45, 7) is 8.02. The number of hydrogen-bond acceptors (Lipinski definition) is 3. The largest absolute Gasteiger partial charge is 0.480 e. The van der Waals surface area contributed by atoms with E-state index < -0.39 is 18.0 Å². The van der Waals surface area contributed by atoms with Crippen LogP contribution in [0.5, 0.6) is 0 Å². The van der Waals surface area contributed by atoms with Crippen LogP contribution in [0.4, 0.5) is 4.79 Å². The molecule has 0 bridgehead atoms. The topological polar surface area (TPSA) is 108 Å². The normalized spacial score (nSPS) is 12.1. The lowest BCUT2D eigenvalue weighted by Gasteiger charge is -2.17. The van der Waals surface area contributed by atoms with Gasteiger partial charge in [-0.25, -0.2) is 9.59 Å². The van der Waals surface area contributed by atoms with Crippen LogP contribution in [0.15, 0.2) is 0 Å². The van der Waals surface area contributed by atoms with E-state index in [0.29, 0.717) is 18.9 Å². The predicted molar refractivity (Wildman–Crippen MR) is 75.3 cm³/mol. The third kappa shape index (κ3) is 9.18. The van der Waals surface area contributed by atoms with E-state index in [2.05, 4.69) is 16.0 Å². The van der Waals surface area contributed by atoms with Gasteiger partial charge in [0.1, 0.15) is 6.04 Å². The SMILES string of the molecule is CC(C)CNC(=O)CNC(=O)N[C@@H](CC(C)C)C(=O)O. The quantitative estimate of drug-likeness (QED) is 0.523. The molecule has 4 N–H and O–H groups in total. The Morgan fingerprint density at radius 2 is 1.60 bits per heavy atom. The molecule has 116 valence electrons. The molecule has 0 saturated carbocycles. The van der Waals surface area contributed by atoms with Gasteiger partial charge < -0.3 is 21.1 Å². The van der Waals surface area contributed by atoms with Crippen LogP contribution >= 0.6 is 0 Å². The molecule has 3 amide bonds. The Balaban J connectivity index is 4.07. The zero-order valence-electron chi connectivity index (χ0n) is 12.5.